The summed E-state index contributed by atoms with van der Waals surface area (Å²) in [5.74, 6) is 0.210. The van der Waals surface area contributed by atoms with Crippen molar-refractivity contribution in [3.63, 3.8) is 0 Å². The van der Waals surface area contributed by atoms with Crippen molar-refractivity contribution < 1.29 is 4.55 Å². The minimum atomic E-state index is -1.11. The van der Waals surface area contributed by atoms with E-state index in [0.29, 0.717) is 11.4 Å². The Bertz CT molecular complexity index is 1240. The van der Waals surface area contributed by atoms with Gasteiger partial charge in [-0.1, -0.05) is 11.3 Å². The topological polar surface area (TPSA) is 132 Å². The van der Waals surface area contributed by atoms with E-state index in [1.54, 1.807) is 17.1 Å². The molecule has 8 nitrogen and oxygen atoms in total. The van der Waals surface area contributed by atoms with Crippen molar-refractivity contribution in [3.8, 4) is 22.4 Å². The largest absolute Gasteiger partial charge is 0.611 e. The average molecular weight is 440 g/mol. The summed E-state index contributed by atoms with van der Waals surface area (Å²) in [5.41, 5.74) is 17.0. The number of nitrogens with two attached hydrogens (primary N) is 2. The van der Waals surface area contributed by atoms with Crippen LogP contribution in [0.15, 0.2) is 28.9 Å². The number of hydrogen-bond acceptors (Lipinski definition) is 8. The van der Waals surface area contributed by atoms with Crippen LogP contribution in [0.4, 0.5) is 11.6 Å². The van der Waals surface area contributed by atoms with Crippen LogP contribution in [-0.4, -0.2) is 34.5 Å². The molecule has 0 amide bonds. The Kier molecular flexibility index (Phi) is 4.64. The number of nitrogen functional groups attached to an aromatic ring is 2. The zero-order valence-electron chi connectivity index (χ0n) is 16.6. The van der Waals surface area contributed by atoms with Crippen molar-refractivity contribution in [2.45, 2.75) is 35.6 Å². The third kappa shape index (κ3) is 3.11. The van der Waals surface area contributed by atoms with E-state index in [1.165, 1.54) is 11.3 Å². The quantitative estimate of drug-likeness (QED) is 0.466. The lowest BCUT2D eigenvalue weighted by Crippen LogP contribution is -2.28. The van der Waals surface area contributed by atoms with Gasteiger partial charge in [0.2, 0.25) is 10.2 Å². The van der Waals surface area contributed by atoms with Crippen LogP contribution in [0.3, 0.4) is 0 Å². The molecule has 1 atom stereocenters. The predicted molar refractivity (Wildman–Crippen MR) is 120 cm³/mol. The molecule has 1 unspecified atom stereocenters. The lowest BCUT2D eigenvalue weighted by Gasteiger charge is -2.27. The number of fused-ring (bicyclic) bond motifs is 1. The number of aromatic nitrogens is 5. The van der Waals surface area contributed by atoms with Crippen LogP contribution in [0, 0.1) is 6.92 Å². The number of thiophene rings is 1. The highest BCUT2D eigenvalue weighted by Gasteiger charge is 2.35. The molecule has 5 rings (SSSR count). The molecule has 0 radical (unpaired) electrons. The molecule has 30 heavy (non-hydrogen) atoms. The molecule has 4 heterocycles. The van der Waals surface area contributed by atoms with Crippen LogP contribution in [0.1, 0.15) is 25.0 Å². The van der Waals surface area contributed by atoms with Crippen molar-refractivity contribution in [2.75, 3.05) is 11.5 Å². The first-order valence-corrected chi connectivity index (χ1v) is 11.7. The minimum absolute atomic E-state index is 0.189. The summed E-state index contributed by atoms with van der Waals surface area (Å²) in [4.78, 5) is 13.8. The van der Waals surface area contributed by atoms with E-state index in [2.05, 4.69) is 15.1 Å². The lowest BCUT2D eigenvalue weighted by molar-refractivity contribution is 0.478. The van der Waals surface area contributed by atoms with Crippen LogP contribution in [0.5, 0.6) is 0 Å². The van der Waals surface area contributed by atoms with Gasteiger partial charge in [0, 0.05) is 53.3 Å². The van der Waals surface area contributed by atoms with Crippen LogP contribution < -0.4 is 11.5 Å². The minimum Gasteiger partial charge on any atom is -0.611 e. The molecule has 1 aliphatic carbocycles. The van der Waals surface area contributed by atoms with E-state index in [9.17, 15) is 4.55 Å². The maximum absolute atomic E-state index is 13.1. The Morgan fingerprint density at radius 2 is 1.93 bits per heavy atom. The monoisotopic (exact) mass is 439 g/mol. The molecule has 4 aromatic heterocycles. The molecule has 154 valence electrons. The summed E-state index contributed by atoms with van der Waals surface area (Å²) in [5, 5.41) is 5.51. The summed E-state index contributed by atoms with van der Waals surface area (Å²) in [6.07, 6.45) is 8.36. The Morgan fingerprint density at radius 3 is 2.53 bits per heavy atom. The van der Waals surface area contributed by atoms with Crippen molar-refractivity contribution in [1.29, 1.82) is 0 Å². The second kappa shape index (κ2) is 7.22. The third-order valence-electron chi connectivity index (χ3n) is 5.47. The SMILES string of the molecule is Cc1nn(C)cc1-c1cc(-c2cnc(N)nc2)nc2sc([S+]([O-])C3CCC3)c(N)c12. The van der Waals surface area contributed by atoms with Gasteiger partial charge in [-0.3, -0.25) is 4.68 Å². The van der Waals surface area contributed by atoms with Crippen LogP contribution >= 0.6 is 11.3 Å². The smallest absolute Gasteiger partial charge is 0.232 e. The van der Waals surface area contributed by atoms with Crippen LogP contribution in [0.25, 0.3) is 32.6 Å². The molecule has 1 saturated carbocycles. The molecule has 0 spiro atoms. The Morgan fingerprint density at radius 1 is 1.20 bits per heavy atom. The molecular weight excluding hydrogens is 418 g/mol. The van der Waals surface area contributed by atoms with Gasteiger partial charge in [0.25, 0.3) is 0 Å². The van der Waals surface area contributed by atoms with Crippen LogP contribution in [-0.2, 0) is 18.2 Å². The van der Waals surface area contributed by atoms with Crippen molar-refractivity contribution in [2.24, 2.45) is 7.05 Å². The molecule has 1 aliphatic rings. The van der Waals surface area contributed by atoms with Gasteiger partial charge in [-0.05, 0) is 37.8 Å². The summed E-state index contributed by atoms with van der Waals surface area (Å²) < 4.78 is 15.6. The van der Waals surface area contributed by atoms with Crippen molar-refractivity contribution >= 4 is 44.4 Å². The van der Waals surface area contributed by atoms with E-state index < -0.39 is 11.2 Å². The molecular formula is C20H21N7OS2. The van der Waals surface area contributed by atoms with Crippen molar-refractivity contribution in [3.05, 3.63) is 30.4 Å². The highest BCUT2D eigenvalue weighted by atomic mass is 32.2. The fourth-order valence-electron chi connectivity index (χ4n) is 3.68. The molecule has 10 heteroatoms. The molecule has 0 saturated heterocycles. The van der Waals surface area contributed by atoms with Crippen molar-refractivity contribution in [1.82, 2.24) is 24.7 Å². The first kappa shape index (κ1) is 19.3. The average Bonchev–Trinajstić information content (AvgIpc) is 3.19. The number of hydrogen-bond donors (Lipinski definition) is 2. The summed E-state index contributed by atoms with van der Waals surface area (Å²) in [6.45, 7) is 1.96. The highest BCUT2D eigenvalue weighted by Crippen LogP contribution is 2.46. The van der Waals surface area contributed by atoms with Gasteiger partial charge in [0.1, 0.15) is 15.8 Å². The van der Waals surface area contributed by atoms with E-state index in [-0.39, 0.29) is 11.2 Å². The summed E-state index contributed by atoms with van der Waals surface area (Å²) >= 11 is 0.301. The third-order valence-corrected chi connectivity index (χ3v) is 8.77. The summed E-state index contributed by atoms with van der Waals surface area (Å²) in [6, 6.07) is 1.97. The van der Waals surface area contributed by atoms with E-state index in [0.717, 1.165) is 56.1 Å². The van der Waals surface area contributed by atoms with E-state index >= 15 is 0 Å². The van der Waals surface area contributed by atoms with Gasteiger partial charge < -0.3 is 16.0 Å². The van der Waals surface area contributed by atoms with E-state index in [1.807, 2.05) is 26.2 Å². The van der Waals surface area contributed by atoms with Crippen LogP contribution in [0.2, 0.25) is 0 Å². The Labute approximate surface area is 180 Å². The predicted octanol–water partition coefficient (Wildman–Crippen LogP) is 3.29. The molecule has 1 fully saturated rings. The maximum Gasteiger partial charge on any atom is 0.232 e. The molecule has 4 N–H and O–H groups in total. The van der Waals surface area contributed by atoms with Gasteiger partial charge in [-0.15, -0.1) is 0 Å². The van der Waals surface area contributed by atoms with Gasteiger partial charge in [-0.25, -0.2) is 15.0 Å². The Hall–Kier alpha value is -2.69. The normalized spacial score (nSPS) is 15.4. The molecule has 0 bridgehead atoms. The first-order valence-electron chi connectivity index (χ1n) is 9.64. The zero-order valence-corrected chi connectivity index (χ0v) is 18.3. The van der Waals surface area contributed by atoms with E-state index in [4.69, 9.17) is 16.5 Å². The number of anilines is 2. The highest BCUT2D eigenvalue weighted by molar-refractivity contribution is 7.94. The van der Waals surface area contributed by atoms with Gasteiger partial charge in [0.05, 0.1) is 11.4 Å². The second-order valence-corrected chi connectivity index (χ2v) is 10.4. The fraction of sp³-hybridized carbons (Fsp3) is 0.300. The fourth-order valence-corrected chi connectivity index (χ4v) is 6.89. The molecule has 4 aromatic rings. The van der Waals surface area contributed by atoms with Gasteiger partial charge in [-0.2, -0.15) is 5.10 Å². The number of nitrogens with zero attached hydrogens (tertiary/aromatic N) is 5. The lowest BCUT2D eigenvalue weighted by atomic mass is 10.00. The Balaban J connectivity index is 1.76. The molecule has 0 aromatic carbocycles. The zero-order chi connectivity index (χ0) is 21.0. The standard InChI is InChI=1S/C20H21N7OS2/c1-10-14(9-27(2)26-10)13-6-15(11-7-23-20(22)24-8-11)25-18-16(13)17(21)19(29-18)30(28)12-4-3-5-12/h6-9,12H,3-5,21H2,1-2H3,(H2,22,23,24). The van der Waals surface area contributed by atoms with Gasteiger partial charge in [0.15, 0.2) is 0 Å². The number of pyridine rings is 1. The number of aryl methyl sites for hydroxylation is 2. The molecule has 0 aliphatic heterocycles. The first-order chi connectivity index (χ1) is 14.4. The maximum atomic E-state index is 13.1. The number of rotatable bonds is 4. The summed E-state index contributed by atoms with van der Waals surface area (Å²) in [7, 11) is 1.89. The second-order valence-electron chi connectivity index (χ2n) is 7.52. The van der Waals surface area contributed by atoms with Gasteiger partial charge >= 0.3 is 0 Å².